The minimum atomic E-state index is -0.724. The summed E-state index contributed by atoms with van der Waals surface area (Å²) in [5, 5.41) is 14.4. The van der Waals surface area contributed by atoms with Gasteiger partial charge in [-0.25, -0.2) is 4.79 Å². The Kier molecular flexibility index (Phi) is 18.1. The number of carbonyl (C=O) groups is 4. The standard InChI is InChI=1S/C37H54N2O6.C28H40O4/c1-24-16-20-39(6)22-28(24)33(41)38-34(42)45-30-21-35(4,17-14-27-11-9-8-10-12-27)32(44-23-43-7)26(3)37-18-13-25(2)36(30,5)31(37)29(40)15-19-37;1-19-11-15-28-16-13-22(29)24(28)27(19,4)23(30)17-26(3,25(20(28)2)32-18-31-5)14-12-21-9-7-6-8-10-21/h8-12,14,17,24-26,28,30-32H,13,15-16,18-23H2,1-7H3,(H,38,41,42);6-10,12,14,19-20,23-25,30H,11,13,15-18H2,1-5H3/t24-,25+,26-,28-,30+,31?,32-,35+,36-,37?;19-,20+,23-,24?,25+,26-,27+,28?/m01/s1. The van der Waals surface area contributed by atoms with Crippen LogP contribution in [-0.2, 0) is 38.1 Å². The summed E-state index contributed by atoms with van der Waals surface area (Å²) in [6.07, 6.45) is 15.1. The first-order chi connectivity index (χ1) is 36.5. The minimum Gasteiger partial charge on any atom is -0.445 e. The summed E-state index contributed by atoms with van der Waals surface area (Å²) in [6, 6.07) is 20.4. The lowest BCUT2D eigenvalue weighted by Gasteiger charge is -2.62. The lowest BCUT2D eigenvalue weighted by molar-refractivity contribution is -0.214. The SMILES string of the molecule is COCO[C@H]1[C@H](C)C23CCC(=O)C2[C@@](C)([C@H](C)CC3)[C@H](O)C[C@@]1(C)C=Cc1ccccc1.COCO[C@H]1[C@H](C)C23CCC(=O)C2[C@@](C)([C@H](C)CC3)[C@H](OC(=O)NC(=O)[C@H]2CN(C)CC[C@@H]2C)C[C@@]1(C)C=Cc1ccccc1. The summed E-state index contributed by atoms with van der Waals surface area (Å²) in [5.74, 6) is 0.533. The molecule has 6 saturated carbocycles. The average Bonchev–Trinajstić information content (AvgIpc) is 4.14. The lowest BCUT2D eigenvalue weighted by Crippen LogP contribution is -2.63. The molecule has 1 saturated heterocycles. The largest absolute Gasteiger partial charge is 0.445 e. The Labute approximate surface area is 461 Å². The van der Waals surface area contributed by atoms with Crippen molar-refractivity contribution >= 4 is 35.7 Å². The van der Waals surface area contributed by atoms with Gasteiger partial charge in [-0.15, -0.1) is 0 Å². The number of methoxy groups -OCH3 is 2. The number of likely N-dealkylation sites (tertiary alicyclic amines) is 1. The number of aliphatic hydroxyl groups is 1. The van der Waals surface area contributed by atoms with Crippen molar-refractivity contribution in [3.63, 3.8) is 0 Å². The fourth-order valence-corrected chi connectivity index (χ4v) is 17.3. The molecule has 7 fully saturated rings. The molecule has 1 heterocycles. The molecule has 77 heavy (non-hydrogen) atoms. The van der Waals surface area contributed by atoms with Gasteiger partial charge in [0, 0.05) is 67.1 Å². The molecule has 9 rings (SSSR count). The zero-order valence-electron chi connectivity index (χ0n) is 48.7. The number of benzene rings is 2. The highest BCUT2D eigenvalue weighted by Gasteiger charge is 2.70. The van der Waals surface area contributed by atoms with E-state index in [0.29, 0.717) is 43.9 Å². The molecule has 2 aromatic carbocycles. The molecule has 424 valence electrons. The Balaban J connectivity index is 0.000000216. The van der Waals surface area contributed by atoms with E-state index in [0.717, 1.165) is 62.6 Å². The van der Waals surface area contributed by atoms with Gasteiger partial charge in [0.15, 0.2) is 0 Å². The average molecular weight is 1060 g/mol. The van der Waals surface area contributed by atoms with Gasteiger partial charge in [-0.05, 0) is 123 Å². The summed E-state index contributed by atoms with van der Waals surface area (Å²) in [6.45, 7) is 21.7. The number of alkyl carbamates (subject to hydrolysis) is 1. The minimum absolute atomic E-state index is 0.0579. The summed E-state index contributed by atoms with van der Waals surface area (Å²) in [7, 11) is 5.28. The number of nitrogens with one attached hydrogen (secondary N) is 1. The fourth-order valence-electron chi connectivity index (χ4n) is 17.3. The fraction of sp³-hybridized carbons (Fsp3) is 0.692. The summed E-state index contributed by atoms with van der Waals surface area (Å²) in [5.41, 5.74) is -0.190. The third kappa shape index (κ3) is 11.0. The van der Waals surface area contributed by atoms with Gasteiger partial charge in [0.1, 0.15) is 31.3 Å². The van der Waals surface area contributed by atoms with Crippen LogP contribution in [0, 0.1) is 79.8 Å². The van der Waals surface area contributed by atoms with E-state index >= 15 is 0 Å². The van der Waals surface area contributed by atoms with Crippen LogP contribution in [0.25, 0.3) is 12.2 Å². The molecule has 12 heteroatoms. The van der Waals surface area contributed by atoms with Gasteiger partial charge in [0.2, 0.25) is 5.91 Å². The molecule has 2 N–H and O–H groups in total. The van der Waals surface area contributed by atoms with Crippen LogP contribution in [0.15, 0.2) is 72.8 Å². The molecule has 0 radical (unpaired) electrons. The van der Waals surface area contributed by atoms with Gasteiger partial charge in [-0.3, -0.25) is 19.7 Å². The third-order valence-electron chi connectivity index (χ3n) is 22.2. The number of ether oxygens (including phenoxy) is 5. The van der Waals surface area contributed by atoms with Gasteiger partial charge in [0.25, 0.3) is 0 Å². The van der Waals surface area contributed by atoms with E-state index in [9.17, 15) is 24.3 Å². The quantitative estimate of drug-likeness (QED) is 0.196. The smallest absolute Gasteiger partial charge is 0.414 e. The molecule has 7 aliphatic rings. The molecule has 4 bridgehead atoms. The molecule has 4 unspecified atom stereocenters. The topological polar surface area (TPSA) is 150 Å². The Morgan fingerprint density at radius 3 is 1.64 bits per heavy atom. The maximum atomic E-state index is 14.0. The van der Waals surface area contributed by atoms with E-state index < -0.39 is 40.0 Å². The van der Waals surface area contributed by atoms with E-state index in [-0.39, 0.29) is 89.7 Å². The third-order valence-corrected chi connectivity index (χ3v) is 22.2. The molecule has 18 atom stereocenters. The Bertz CT molecular complexity index is 2450. The van der Waals surface area contributed by atoms with Crippen LogP contribution in [0.2, 0.25) is 0 Å². The molecule has 12 nitrogen and oxygen atoms in total. The van der Waals surface area contributed by atoms with Gasteiger partial charge in [-0.2, -0.15) is 0 Å². The second-order valence-corrected chi connectivity index (χ2v) is 26.4. The molecule has 0 aromatic heterocycles. The highest BCUT2D eigenvalue weighted by atomic mass is 16.7. The number of carbonyl (C=O) groups excluding carboxylic acids is 4. The van der Waals surface area contributed by atoms with Crippen LogP contribution in [-0.4, -0.2) is 106 Å². The van der Waals surface area contributed by atoms with Gasteiger partial charge in [0.05, 0.1) is 24.2 Å². The van der Waals surface area contributed by atoms with E-state index in [4.69, 9.17) is 23.7 Å². The predicted octanol–water partition coefficient (Wildman–Crippen LogP) is 11.8. The number of imide groups is 1. The van der Waals surface area contributed by atoms with Crippen molar-refractivity contribution in [2.45, 2.75) is 157 Å². The number of nitrogens with zero attached hydrogens (tertiary/aromatic N) is 1. The number of hydrogen-bond donors (Lipinski definition) is 2. The van der Waals surface area contributed by atoms with Crippen LogP contribution in [0.1, 0.15) is 144 Å². The van der Waals surface area contributed by atoms with Crippen LogP contribution < -0.4 is 5.32 Å². The molecular weight excluding hydrogens is 969 g/mol. The first-order valence-electron chi connectivity index (χ1n) is 29.2. The summed E-state index contributed by atoms with van der Waals surface area (Å²) in [4.78, 5) is 56.5. The van der Waals surface area contributed by atoms with Gasteiger partial charge in [-0.1, -0.05) is 147 Å². The normalized spacial score (nSPS) is 42.0. The molecular formula is C65H94N2O10. The van der Waals surface area contributed by atoms with Crippen molar-refractivity contribution in [3.8, 4) is 0 Å². The number of piperidine rings is 1. The van der Waals surface area contributed by atoms with Crippen molar-refractivity contribution in [2.24, 2.45) is 79.8 Å². The molecule has 2 amide bonds. The van der Waals surface area contributed by atoms with Crippen LogP contribution in [0.4, 0.5) is 4.79 Å². The van der Waals surface area contributed by atoms with Crippen molar-refractivity contribution in [1.29, 1.82) is 0 Å². The zero-order valence-corrected chi connectivity index (χ0v) is 48.7. The molecule has 6 aliphatic carbocycles. The number of rotatable bonds is 12. The van der Waals surface area contributed by atoms with E-state index in [1.165, 1.54) is 0 Å². The number of amides is 2. The highest BCUT2D eigenvalue weighted by molar-refractivity contribution is 5.93. The lowest BCUT2D eigenvalue weighted by atomic mass is 9.44. The van der Waals surface area contributed by atoms with Crippen molar-refractivity contribution < 1.29 is 48.0 Å². The van der Waals surface area contributed by atoms with Crippen LogP contribution in [0.5, 0.6) is 0 Å². The van der Waals surface area contributed by atoms with E-state index in [2.05, 4.69) is 121 Å². The van der Waals surface area contributed by atoms with Crippen LogP contribution in [0.3, 0.4) is 0 Å². The number of aliphatic hydroxyl groups excluding tert-OH is 1. The Morgan fingerprint density at radius 1 is 0.675 bits per heavy atom. The number of ketones is 2. The second-order valence-electron chi connectivity index (χ2n) is 26.4. The second kappa shape index (κ2) is 23.6. The highest BCUT2D eigenvalue weighted by Crippen LogP contribution is 2.70. The van der Waals surface area contributed by atoms with Crippen molar-refractivity contribution in [1.82, 2.24) is 10.2 Å². The summed E-state index contributed by atoms with van der Waals surface area (Å²) >= 11 is 0. The van der Waals surface area contributed by atoms with Crippen molar-refractivity contribution in [3.05, 3.63) is 83.9 Å². The zero-order chi connectivity index (χ0) is 55.7. The first-order valence-corrected chi connectivity index (χ1v) is 29.2. The van der Waals surface area contributed by atoms with Gasteiger partial charge >= 0.3 is 6.09 Å². The van der Waals surface area contributed by atoms with E-state index in [1.807, 2.05) is 43.4 Å². The Hall–Kier alpha value is -4.04. The first kappa shape index (κ1) is 59.1. The maximum absolute atomic E-state index is 14.0. The monoisotopic (exact) mass is 1060 g/mol. The van der Waals surface area contributed by atoms with Crippen LogP contribution >= 0.6 is 0 Å². The van der Waals surface area contributed by atoms with Gasteiger partial charge < -0.3 is 33.7 Å². The predicted molar refractivity (Wildman–Crippen MR) is 301 cm³/mol. The molecule has 2 aromatic rings. The number of Topliss-reactive ketones (excluding diaryl/α,β-unsaturated/α-hetero) is 2. The molecule has 1 aliphatic heterocycles. The summed E-state index contributed by atoms with van der Waals surface area (Å²) < 4.78 is 30.3. The van der Waals surface area contributed by atoms with Crippen molar-refractivity contribution in [2.75, 3.05) is 47.9 Å². The maximum Gasteiger partial charge on any atom is 0.414 e. The Morgan fingerprint density at radius 2 is 1.14 bits per heavy atom. The van der Waals surface area contributed by atoms with E-state index in [1.54, 1.807) is 14.2 Å². The number of hydrogen-bond acceptors (Lipinski definition) is 11. The molecule has 0 spiro atoms.